The van der Waals surface area contributed by atoms with E-state index in [0.29, 0.717) is 21.3 Å². The molecule has 110 valence electrons. The molecular weight excluding hydrogens is 332 g/mol. The monoisotopic (exact) mass is 346 g/mol. The van der Waals surface area contributed by atoms with Gasteiger partial charge in [0.2, 0.25) is 0 Å². The van der Waals surface area contributed by atoms with E-state index in [9.17, 15) is 9.59 Å². The van der Waals surface area contributed by atoms with Crippen molar-refractivity contribution in [2.75, 3.05) is 28.1 Å². The highest BCUT2D eigenvalue weighted by molar-refractivity contribution is 9.10. The Morgan fingerprint density at radius 2 is 1.85 bits per heavy atom. The molecule has 7 heteroatoms. The predicted molar refractivity (Wildman–Crippen MR) is 73.7 cm³/mol. The first-order valence-corrected chi connectivity index (χ1v) is 6.42. The lowest BCUT2D eigenvalue weighted by Crippen LogP contribution is -2.11. The van der Waals surface area contributed by atoms with Gasteiger partial charge in [0, 0.05) is 12.7 Å². The minimum absolute atomic E-state index is 0.0182. The lowest BCUT2D eigenvalue weighted by molar-refractivity contribution is -0.139. The number of esters is 2. The molecule has 0 saturated carbocycles. The van der Waals surface area contributed by atoms with Gasteiger partial charge in [0.15, 0.2) is 6.79 Å². The van der Waals surface area contributed by atoms with E-state index in [0.717, 1.165) is 0 Å². The molecule has 0 saturated heterocycles. The van der Waals surface area contributed by atoms with Crippen LogP contribution < -0.4 is 4.74 Å². The number of ether oxygens (including phenoxy) is 4. The zero-order valence-electron chi connectivity index (χ0n) is 11.4. The maximum absolute atomic E-state index is 11.6. The molecule has 0 unspecified atom stereocenters. The number of rotatable bonds is 6. The number of hydrogen-bond donors (Lipinski definition) is 0. The third-order valence-electron chi connectivity index (χ3n) is 2.43. The summed E-state index contributed by atoms with van der Waals surface area (Å²) >= 11 is 3.30. The lowest BCUT2D eigenvalue weighted by Gasteiger charge is -2.13. The molecule has 6 nitrogen and oxygen atoms in total. The number of hydrogen-bond acceptors (Lipinski definition) is 6. The van der Waals surface area contributed by atoms with Crippen LogP contribution in [0.1, 0.15) is 15.9 Å². The van der Waals surface area contributed by atoms with Crippen LogP contribution in [0.3, 0.4) is 0 Å². The molecule has 0 radical (unpaired) electrons. The third-order valence-corrected chi connectivity index (χ3v) is 3.01. The summed E-state index contributed by atoms with van der Waals surface area (Å²) < 4.78 is 20.0. The molecule has 0 fully saturated rings. The normalized spacial score (nSPS) is 10.0. The van der Waals surface area contributed by atoms with Gasteiger partial charge >= 0.3 is 11.9 Å². The van der Waals surface area contributed by atoms with E-state index in [4.69, 9.17) is 9.47 Å². The van der Waals surface area contributed by atoms with Crippen LogP contribution in [0.2, 0.25) is 0 Å². The number of carbonyl (C=O) groups excluding carboxylic acids is 2. The van der Waals surface area contributed by atoms with E-state index in [2.05, 4.69) is 25.4 Å². The van der Waals surface area contributed by atoms with Crippen molar-refractivity contribution in [2.24, 2.45) is 0 Å². The minimum atomic E-state index is -0.505. The summed E-state index contributed by atoms with van der Waals surface area (Å²) in [6.45, 7) is 0.0182. The molecule has 0 amide bonds. The Labute approximate surface area is 125 Å². The van der Waals surface area contributed by atoms with E-state index in [1.807, 2.05) is 0 Å². The molecule has 0 N–H and O–H groups in total. The van der Waals surface area contributed by atoms with Gasteiger partial charge in [-0.2, -0.15) is 0 Å². The average molecular weight is 347 g/mol. The van der Waals surface area contributed by atoms with Gasteiger partial charge in [-0.3, -0.25) is 4.79 Å². The van der Waals surface area contributed by atoms with E-state index in [1.165, 1.54) is 27.4 Å². The van der Waals surface area contributed by atoms with Gasteiger partial charge < -0.3 is 18.9 Å². The smallest absolute Gasteiger partial charge is 0.337 e. The summed E-state index contributed by atoms with van der Waals surface area (Å²) in [7, 11) is 4.06. The quantitative estimate of drug-likeness (QED) is 0.579. The van der Waals surface area contributed by atoms with Crippen LogP contribution in [0.15, 0.2) is 16.6 Å². The highest BCUT2D eigenvalue weighted by Crippen LogP contribution is 2.32. The highest BCUT2D eigenvalue weighted by atomic mass is 79.9. The zero-order chi connectivity index (χ0) is 15.1. The molecule has 0 spiro atoms. The summed E-state index contributed by atoms with van der Waals surface area (Å²) in [5, 5.41) is 0. The topological polar surface area (TPSA) is 71.1 Å². The van der Waals surface area contributed by atoms with Crippen LogP contribution >= 0.6 is 15.9 Å². The third kappa shape index (κ3) is 4.21. The Morgan fingerprint density at radius 1 is 1.15 bits per heavy atom. The van der Waals surface area contributed by atoms with Gasteiger partial charge in [0.1, 0.15) is 5.75 Å². The van der Waals surface area contributed by atoms with Gasteiger partial charge in [-0.05, 0) is 28.1 Å². The predicted octanol–water partition coefficient (Wildman–Crippen LogP) is 1.93. The summed E-state index contributed by atoms with van der Waals surface area (Å²) in [4.78, 5) is 23.0. The fraction of sp³-hybridized carbons (Fsp3) is 0.385. The molecule has 0 atom stereocenters. The minimum Gasteiger partial charge on any atom is -0.469 e. The van der Waals surface area contributed by atoms with Gasteiger partial charge in [-0.25, -0.2) is 4.79 Å². The Kier molecular flexibility index (Phi) is 6.47. The van der Waals surface area contributed by atoms with E-state index in [-0.39, 0.29) is 13.2 Å². The van der Waals surface area contributed by atoms with Crippen LogP contribution in [0.5, 0.6) is 5.75 Å². The van der Waals surface area contributed by atoms with Gasteiger partial charge in [-0.1, -0.05) is 0 Å². The van der Waals surface area contributed by atoms with Crippen molar-refractivity contribution < 1.29 is 28.5 Å². The fourth-order valence-electron chi connectivity index (χ4n) is 1.52. The van der Waals surface area contributed by atoms with Crippen molar-refractivity contribution in [1.29, 1.82) is 0 Å². The van der Waals surface area contributed by atoms with Crippen molar-refractivity contribution >= 4 is 27.9 Å². The molecule has 0 bridgehead atoms. The van der Waals surface area contributed by atoms with Gasteiger partial charge in [0.25, 0.3) is 0 Å². The Morgan fingerprint density at radius 3 is 2.40 bits per heavy atom. The first-order valence-electron chi connectivity index (χ1n) is 5.62. The maximum Gasteiger partial charge on any atom is 0.337 e. The fourth-order valence-corrected chi connectivity index (χ4v) is 2.14. The number of carbonyl (C=O) groups is 2. The molecule has 0 aliphatic carbocycles. The summed E-state index contributed by atoms with van der Waals surface area (Å²) in [5.74, 6) is -0.527. The molecule has 20 heavy (non-hydrogen) atoms. The molecule has 0 aromatic heterocycles. The summed E-state index contributed by atoms with van der Waals surface area (Å²) in [6.07, 6.45) is -0.0288. The van der Waals surface area contributed by atoms with E-state index < -0.39 is 11.9 Å². The van der Waals surface area contributed by atoms with Crippen LogP contribution in [-0.4, -0.2) is 40.1 Å². The second-order valence-corrected chi connectivity index (χ2v) is 4.60. The molecule has 0 heterocycles. The first kappa shape index (κ1) is 16.5. The Bertz CT molecular complexity index is 500. The first-order chi connectivity index (χ1) is 9.53. The van der Waals surface area contributed by atoms with Crippen molar-refractivity contribution in [2.45, 2.75) is 6.42 Å². The molecule has 1 aromatic carbocycles. The number of methoxy groups -OCH3 is 3. The number of benzene rings is 1. The second kappa shape index (κ2) is 7.86. The van der Waals surface area contributed by atoms with Crippen LogP contribution in [0.25, 0.3) is 0 Å². The lowest BCUT2D eigenvalue weighted by atomic mass is 10.1. The van der Waals surface area contributed by atoms with Gasteiger partial charge in [-0.15, -0.1) is 0 Å². The second-order valence-electron chi connectivity index (χ2n) is 3.74. The standard InChI is InChI=1S/C13H15BrO6/c1-17-7-20-12-8(6-11(15)18-2)4-9(5-10(12)14)13(16)19-3/h4-5H,6-7H2,1-3H3. The van der Waals surface area contributed by atoms with Crippen LogP contribution in [0, 0.1) is 0 Å². The van der Waals surface area contributed by atoms with Crippen molar-refractivity contribution in [3.05, 3.63) is 27.7 Å². The molecule has 1 aromatic rings. The zero-order valence-corrected chi connectivity index (χ0v) is 13.0. The SMILES string of the molecule is COCOc1c(Br)cc(C(=O)OC)cc1CC(=O)OC. The van der Waals surface area contributed by atoms with Crippen LogP contribution in [-0.2, 0) is 25.4 Å². The molecule has 0 aliphatic rings. The van der Waals surface area contributed by atoms with Crippen molar-refractivity contribution in [3.8, 4) is 5.75 Å². The van der Waals surface area contributed by atoms with Crippen LogP contribution in [0.4, 0.5) is 0 Å². The Hall–Kier alpha value is -1.60. The summed E-state index contributed by atoms with van der Waals surface area (Å²) in [6, 6.07) is 3.08. The number of halogens is 1. The van der Waals surface area contributed by atoms with E-state index >= 15 is 0 Å². The molecular formula is C13H15BrO6. The van der Waals surface area contributed by atoms with Crippen molar-refractivity contribution in [1.82, 2.24) is 0 Å². The Balaban J connectivity index is 3.20. The largest absolute Gasteiger partial charge is 0.469 e. The molecule has 1 rings (SSSR count). The maximum atomic E-state index is 11.6. The average Bonchev–Trinajstić information content (AvgIpc) is 2.45. The summed E-state index contributed by atoms with van der Waals surface area (Å²) in [5.41, 5.74) is 0.812. The van der Waals surface area contributed by atoms with Gasteiger partial charge in [0.05, 0.1) is 30.7 Å². The highest BCUT2D eigenvalue weighted by Gasteiger charge is 2.17. The molecule has 0 aliphatic heterocycles. The van der Waals surface area contributed by atoms with E-state index in [1.54, 1.807) is 6.07 Å². The van der Waals surface area contributed by atoms with Crippen molar-refractivity contribution in [3.63, 3.8) is 0 Å².